The molecule has 3 atom stereocenters. The van der Waals surface area contributed by atoms with Crippen molar-refractivity contribution >= 4 is 17.5 Å². The normalized spacial score (nSPS) is 25.9. The predicted octanol–water partition coefficient (Wildman–Crippen LogP) is 2.59. The predicted molar refractivity (Wildman–Crippen MR) is 109 cm³/mol. The number of benzene rings is 1. The molecule has 2 amide bonds. The van der Waals surface area contributed by atoms with Crippen molar-refractivity contribution in [3.63, 3.8) is 0 Å². The summed E-state index contributed by atoms with van der Waals surface area (Å²) in [6.45, 7) is 0.398. The zero-order chi connectivity index (χ0) is 20.0. The first kappa shape index (κ1) is 18.3. The summed E-state index contributed by atoms with van der Waals surface area (Å²) in [5, 5.41) is 10.1. The second-order valence-electron chi connectivity index (χ2n) is 8.29. The van der Waals surface area contributed by atoms with Gasteiger partial charge in [0.05, 0.1) is 24.3 Å². The summed E-state index contributed by atoms with van der Waals surface area (Å²) in [5.41, 5.74) is 2.44. The van der Waals surface area contributed by atoms with Crippen LogP contribution in [0.25, 0.3) is 0 Å². The first-order valence-corrected chi connectivity index (χ1v) is 10.4. The van der Waals surface area contributed by atoms with E-state index < -0.39 is 0 Å². The van der Waals surface area contributed by atoms with Crippen molar-refractivity contribution in [3.8, 4) is 0 Å². The number of rotatable bonds is 3. The molecule has 1 aliphatic carbocycles. The summed E-state index contributed by atoms with van der Waals surface area (Å²) in [6.07, 6.45) is 7.28. The van der Waals surface area contributed by atoms with E-state index in [1.54, 1.807) is 29.4 Å². The standard InChI is InChI=1S/C23H25N3O3/c27-14-20-21-17-9-3-4-10-18(17)25(22(28)16-8-5-11-24-12-16)13-19(21)26(20)23(29)15-6-1-2-7-15/h3-5,8-12,15,19-21,27H,1-2,6-7,13-14H2/t19-,20-,21+/m0/s1. The number of anilines is 1. The van der Waals surface area contributed by atoms with E-state index in [0.717, 1.165) is 36.9 Å². The minimum atomic E-state index is -0.204. The van der Waals surface area contributed by atoms with Gasteiger partial charge in [0.2, 0.25) is 5.91 Å². The van der Waals surface area contributed by atoms with Gasteiger partial charge in [-0.05, 0) is 36.6 Å². The van der Waals surface area contributed by atoms with E-state index in [2.05, 4.69) is 4.98 Å². The van der Waals surface area contributed by atoms with E-state index in [0.29, 0.717) is 12.1 Å². The molecule has 2 aromatic rings. The van der Waals surface area contributed by atoms with Gasteiger partial charge in [-0.1, -0.05) is 31.0 Å². The molecule has 2 fully saturated rings. The lowest BCUT2D eigenvalue weighted by Crippen LogP contribution is -2.71. The highest BCUT2D eigenvalue weighted by atomic mass is 16.3. The van der Waals surface area contributed by atoms with Gasteiger partial charge in [-0.15, -0.1) is 0 Å². The lowest BCUT2D eigenvalue weighted by atomic mass is 9.71. The van der Waals surface area contributed by atoms with Gasteiger partial charge < -0.3 is 14.9 Å². The molecule has 0 radical (unpaired) electrons. The van der Waals surface area contributed by atoms with Gasteiger partial charge in [0.25, 0.3) is 5.91 Å². The lowest BCUT2D eigenvalue weighted by molar-refractivity contribution is -0.154. The Balaban J connectivity index is 1.50. The Kier molecular flexibility index (Phi) is 4.59. The lowest BCUT2D eigenvalue weighted by Gasteiger charge is -2.59. The van der Waals surface area contributed by atoms with Gasteiger partial charge in [0, 0.05) is 36.5 Å². The molecule has 1 aromatic carbocycles. The number of hydrogen-bond donors (Lipinski definition) is 1. The number of amides is 2. The van der Waals surface area contributed by atoms with Crippen LogP contribution in [0.2, 0.25) is 0 Å². The molecule has 0 bridgehead atoms. The molecule has 150 valence electrons. The van der Waals surface area contributed by atoms with Crippen molar-refractivity contribution in [2.45, 2.75) is 43.7 Å². The number of aliphatic hydroxyl groups is 1. The zero-order valence-electron chi connectivity index (χ0n) is 16.3. The average Bonchev–Trinajstić information content (AvgIpc) is 3.29. The molecule has 1 saturated heterocycles. The Morgan fingerprint density at radius 1 is 1.10 bits per heavy atom. The molecule has 0 unspecified atom stereocenters. The largest absolute Gasteiger partial charge is 0.394 e. The second kappa shape index (κ2) is 7.26. The van der Waals surface area contributed by atoms with Crippen LogP contribution in [0.3, 0.4) is 0 Å². The topological polar surface area (TPSA) is 73.7 Å². The molecule has 0 spiro atoms. The molecule has 2 aliphatic heterocycles. The number of fused-ring (bicyclic) bond motifs is 3. The number of para-hydroxylation sites is 1. The van der Waals surface area contributed by atoms with Crippen LogP contribution in [-0.2, 0) is 4.79 Å². The third kappa shape index (κ3) is 2.85. The van der Waals surface area contributed by atoms with Crippen molar-refractivity contribution in [1.29, 1.82) is 0 Å². The maximum Gasteiger partial charge on any atom is 0.259 e. The molecular formula is C23H25N3O3. The number of hydrogen-bond acceptors (Lipinski definition) is 4. The highest BCUT2D eigenvalue weighted by molar-refractivity contribution is 6.07. The minimum absolute atomic E-state index is 0.0511. The molecule has 5 rings (SSSR count). The first-order valence-electron chi connectivity index (χ1n) is 10.4. The van der Waals surface area contributed by atoms with E-state index in [-0.39, 0.29) is 42.3 Å². The summed E-state index contributed by atoms with van der Waals surface area (Å²) in [7, 11) is 0. The van der Waals surface area contributed by atoms with Crippen LogP contribution in [0.5, 0.6) is 0 Å². The summed E-state index contributed by atoms with van der Waals surface area (Å²) >= 11 is 0. The SMILES string of the molecule is O=C(c1cccnc1)N1C[C@H]2[C@@H](c3ccccc31)[C@H](CO)N2C(=O)C1CCCC1. The summed E-state index contributed by atoms with van der Waals surface area (Å²) in [6, 6.07) is 11.1. The van der Waals surface area contributed by atoms with Crippen LogP contribution < -0.4 is 4.90 Å². The van der Waals surface area contributed by atoms with Gasteiger partial charge in [0.15, 0.2) is 0 Å². The number of likely N-dealkylation sites (tertiary alicyclic amines) is 1. The summed E-state index contributed by atoms with van der Waals surface area (Å²) < 4.78 is 0. The molecule has 29 heavy (non-hydrogen) atoms. The average molecular weight is 391 g/mol. The van der Waals surface area contributed by atoms with Gasteiger partial charge in [-0.3, -0.25) is 14.6 Å². The van der Waals surface area contributed by atoms with Crippen LogP contribution in [0.4, 0.5) is 5.69 Å². The van der Waals surface area contributed by atoms with Gasteiger partial charge in [-0.25, -0.2) is 0 Å². The van der Waals surface area contributed by atoms with E-state index in [9.17, 15) is 14.7 Å². The van der Waals surface area contributed by atoms with Crippen LogP contribution in [0.1, 0.15) is 47.5 Å². The van der Waals surface area contributed by atoms with Crippen LogP contribution >= 0.6 is 0 Å². The molecule has 3 aliphatic rings. The molecular weight excluding hydrogens is 366 g/mol. The highest BCUT2D eigenvalue weighted by Crippen LogP contribution is 2.49. The maximum absolute atomic E-state index is 13.3. The van der Waals surface area contributed by atoms with Crippen molar-refractivity contribution in [2.24, 2.45) is 5.92 Å². The fraction of sp³-hybridized carbons (Fsp3) is 0.435. The van der Waals surface area contributed by atoms with E-state index in [1.807, 2.05) is 29.2 Å². The van der Waals surface area contributed by atoms with E-state index in [4.69, 9.17) is 0 Å². The van der Waals surface area contributed by atoms with Crippen LogP contribution in [-0.4, -0.2) is 52.0 Å². The highest BCUT2D eigenvalue weighted by Gasteiger charge is 2.56. The Labute approximate surface area is 170 Å². The monoisotopic (exact) mass is 391 g/mol. The Hall–Kier alpha value is -2.73. The van der Waals surface area contributed by atoms with E-state index in [1.165, 1.54) is 0 Å². The number of aliphatic hydroxyl groups excluding tert-OH is 1. The fourth-order valence-electron chi connectivity index (χ4n) is 5.41. The van der Waals surface area contributed by atoms with Gasteiger partial charge in [0.1, 0.15) is 0 Å². The van der Waals surface area contributed by atoms with Crippen molar-refractivity contribution < 1.29 is 14.7 Å². The molecule has 1 aromatic heterocycles. The summed E-state index contributed by atoms with van der Waals surface area (Å²) in [4.78, 5) is 34.2. The third-order valence-electron chi connectivity index (χ3n) is 6.80. The van der Waals surface area contributed by atoms with Crippen LogP contribution in [0.15, 0.2) is 48.8 Å². The number of nitrogens with zero attached hydrogens (tertiary/aromatic N) is 3. The maximum atomic E-state index is 13.3. The molecule has 1 N–H and O–H groups in total. The Morgan fingerprint density at radius 2 is 1.90 bits per heavy atom. The van der Waals surface area contributed by atoms with Crippen molar-refractivity contribution in [2.75, 3.05) is 18.1 Å². The number of pyridine rings is 1. The minimum Gasteiger partial charge on any atom is -0.394 e. The zero-order valence-corrected chi connectivity index (χ0v) is 16.3. The third-order valence-corrected chi connectivity index (χ3v) is 6.80. The van der Waals surface area contributed by atoms with Gasteiger partial charge >= 0.3 is 0 Å². The molecule has 6 heteroatoms. The number of carbonyl (C=O) groups excluding carboxylic acids is 2. The Morgan fingerprint density at radius 3 is 2.62 bits per heavy atom. The second-order valence-corrected chi connectivity index (χ2v) is 8.29. The quantitative estimate of drug-likeness (QED) is 0.873. The number of carbonyl (C=O) groups is 2. The summed E-state index contributed by atoms with van der Waals surface area (Å²) in [5.74, 6) is 0.171. The first-order chi connectivity index (χ1) is 14.2. The Bertz CT molecular complexity index is 926. The molecule has 3 heterocycles. The van der Waals surface area contributed by atoms with Crippen molar-refractivity contribution in [3.05, 3.63) is 59.9 Å². The molecule has 1 saturated carbocycles. The fourth-order valence-corrected chi connectivity index (χ4v) is 5.41. The van der Waals surface area contributed by atoms with E-state index >= 15 is 0 Å². The van der Waals surface area contributed by atoms with Crippen LogP contribution in [0, 0.1) is 5.92 Å². The number of aromatic nitrogens is 1. The smallest absolute Gasteiger partial charge is 0.259 e. The van der Waals surface area contributed by atoms with Crippen molar-refractivity contribution in [1.82, 2.24) is 9.88 Å². The molecule has 6 nitrogen and oxygen atoms in total. The van der Waals surface area contributed by atoms with Gasteiger partial charge in [-0.2, -0.15) is 0 Å².